The molecule has 2 aliphatic rings. The van der Waals surface area contributed by atoms with E-state index < -0.39 is 0 Å². The zero-order chi connectivity index (χ0) is 11.5. The van der Waals surface area contributed by atoms with Crippen molar-refractivity contribution in [3.05, 3.63) is 0 Å². The second-order valence-electron chi connectivity index (χ2n) is 4.49. The van der Waals surface area contributed by atoms with Crippen molar-refractivity contribution in [1.82, 2.24) is 15.5 Å². The molecule has 1 aliphatic carbocycles. The van der Waals surface area contributed by atoms with E-state index in [0.29, 0.717) is 6.54 Å². The molecule has 0 aromatic heterocycles. The standard InChI is InChI=1S/C11H19N3O2/c1-2-12-11(16)14-7-10(15)13-8-5-3-4-6-9(8)14/h8-9H,2-7H2,1H3,(H,12,16)(H,13,15)/t8-,9-/m1/s1. The maximum atomic E-state index is 11.8. The molecule has 2 atom stereocenters. The first-order valence-electron chi connectivity index (χ1n) is 6.06. The van der Waals surface area contributed by atoms with Crippen molar-refractivity contribution >= 4 is 11.9 Å². The maximum absolute atomic E-state index is 11.8. The van der Waals surface area contributed by atoms with Crippen LogP contribution in [0.2, 0.25) is 0 Å². The molecule has 5 nitrogen and oxygen atoms in total. The van der Waals surface area contributed by atoms with E-state index in [2.05, 4.69) is 10.6 Å². The van der Waals surface area contributed by atoms with Crippen LogP contribution >= 0.6 is 0 Å². The van der Waals surface area contributed by atoms with Crippen molar-refractivity contribution < 1.29 is 9.59 Å². The molecule has 0 aromatic carbocycles. The van der Waals surface area contributed by atoms with Crippen molar-refractivity contribution in [1.29, 1.82) is 0 Å². The summed E-state index contributed by atoms with van der Waals surface area (Å²) in [6.45, 7) is 2.70. The Morgan fingerprint density at radius 1 is 1.50 bits per heavy atom. The summed E-state index contributed by atoms with van der Waals surface area (Å²) in [6.07, 6.45) is 4.28. The number of urea groups is 1. The first-order chi connectivity index (χ1) is 7.72. The highest BCUT2D eigenvalue weighted by Gasteiger charge is 2.38. The van der Waals surface area contributed by atoms with Crippen LogP contribution in [0.1, 0.15) is 32.6 Å². The number of amides is 3. The molecule has 1 heterocycles. The molecule has 3 amide bonds. The van der Waals surface area contributed by atoms with Gasteiger partial charge in [0.15, 0.2) is 0 Å². The number of nitrogens with one attached hydrogen (secondary N) is 2. The molecule has 2 fully saturated rings. The fraction of sp³-hybridized carbons (Fsp3) is 0.818. The van der Waals surface area contributed by atoms with Crippen molar-refractivity contribution in [3.8, 4) is 0 Å². The van der Waals surface area contributed by atoms with Gasteiger partial charge in [0, 0.05) is 12.6 Å². The molecular weight excluding hydrogens is 206 g/mol. The van der Waals surface area contributed by atoms with Gasteiger partial charge in [-0.2, -0.15) is 0 Å². The average Bonchev–Trinajstić information content (AvgIpc) is 2.28. The molecule has 0 aromatic rings. The summed E-state index contributed by atoms with van der Waals surface area (Å²) in [5, 5.41) is 5.76. The Hall–Kier alpha value is -1.26. The number of nitrogens with zero attached hydrogens (tertiary/aromatic N) is 1. The molecule has 5 heteroatoms. The van der Waals surface area contributed by atoms with Gasteiger partial charge in [0.2, 0.25) is 5.91 Å². The molecule has 1 saturated carbocycles. The van der Waals surface area contributed by atoms with Crippen molar-refractivity contribution in [3.63, 3.8) is 0 Å². The lowest BCUT2D eigenvalue weighted by atomic mass is 9.87. The zero-order valence-corrected chi connectivity index (χ0v) is 9.66. The summed E-state index contributed by atoms with van der Waals surface area (Å²) in [5.74, 6) is -0.0330. The van der Waals surface area contributed by atoms with Gasteiger partial charge in [-0.05, 0) is 19.8 Å². The van der Waals surface area contributed by atoms with Gasteiger partial charge in [0.1, 0.15) is 6.54 Å². The van der Waals surface area contributed by atoms with Crippen LogP contribution in [-0.4, -0.2) is 42.0 Å². The molecule has 2 N–H and O–H groups in total. The minimum Gasteiger partial charge on any atom is -0.350 e. The van der Waals surface area contributed by atoms with Gasteiger partial charge in [-0.25, -0.2) is 4.79 Å². The zero-order valence-electron chi connectivity index (χ0n) is 9.66. The Kier molecular flexibility index (Phi) is 3.31. The normalized spacial score (nSPS) is 29.3. The van der Waals surface area contributed by atoms with Crippen LogP contribution in [0.3, 0.4) is 0 Å². The maximum Gasteiger partial charge on any atom is 0.318 e. The summed E-state index contributed by atoms with van der Waals surface area (Å²) in [5.41, 5.74) is 0. The van der Waals surface area contributed by atoms with Crippen molar-refractivity contribution in [2.24, 2.45) is 0 Å². The van der Waals surface area contributed by atoms with E-state index in [1.807, 2.05) is 6.92 Å². The van der Waals surface area contributed by atoms with E-state index in [-0.39, 0.29) is 30.6 Å². The molecule has 0 radical (unpaired) electrons. The summed E-state index contributed by atoms with van der Waals surface area (Å²) in [6, 6.07) is 0.254. The molecule has 1 aliphatic heterocycles. The van der Waals surface area contributed by atoms with Crippen molar-refractivity contribution in [2.45, 2.75) is 44.7 Å². The van der Waals surface area contributed by atoms with Gasteiger partial charge < -0.3 is 15.5 Å². The summed E-state index contributed by atoms with van der Waals surface area (Å²) >= 11 is 0. The van der Waals surface area contributed by atoms with E-state index in [0.717, 1.165) is 25.7 Å². The van der Waals surface area contributed by atoms with Gasteiger partial charge in [0.05, 0.1) is 6.04 Å². The fourth-order valence-electron chi connectivity index (χ4n) is 2.65. The molecule has 2 rings (SSSR count). The average molecular weight is 225 g/mol. The van der Waals surface area contributed by atoms with Gasteiger partial charge in [-0.1, -0.05) is 12.8 Å². The largest absolute Gasteiger partial charge is 0.350 e. The van der Waals surface area contributed by atoms with Gasteiger partial charge in [0.25, 0.3) is 0 Å². The first kappa shape index (κ1) is 11.2. The highest BCUT2D eigenvalue weighted by Crippen LogP contribution is 2.25. The minimum absolute atomic E-state index is 0.0330. The fourth-order valence-corrected chi connectivity index (χ4v) is 2.65. The number of hydrogen-bond donors (Lipinski definition) is 2. The van der Waals surface area contributed by atoms with E-state index in [1.54, 1.807) is 4.90 Å². The topological polar surface area (TPSA) is 61.4 Å². The molecule has 0 spiro atoms. The van der Waals surface area contributed by atoms with E-state index in [9.17, 15) is 9.59 Å². The van der Waals surface area contributed by atoms with E-state index in [1.165, 1.54) is 0 Å². The smallest absolute Gasteiger partial charge is 0.318 e. The Bertz CT molecular complexity index is 293. The van der Waals surface area contributed by atoms with Crippen LogP contribution < -0.4 is 10.6 Å². The van der Waals surface area contributed by atoms with Gasteiger partial charge >= 0.3 is 6.03 Å². The molecular formula is C11H19N3O2. The summed E-state index contributed by atoms with van der Waals surface area (Å²) in [7, 11) is 0. The third-order valence-electron chi connectivity index (χ3n) is 3.38. The van der Waals surface area contributed by atoms with Crippen LogP contribution in [-0.2, 0) is 4.79 Å². The SMILES string of the molecule is CCNC(=O)N1CC(=O)N[C@@H]2CCCC[C@H]21. The lowest BCUT2D eigenvalue weighted by Crippen LogP contribution is -2.64. The predicted molar refractivity (Wildman–Crippen MR) is 60.0 cm³/mol. The van der Waals surface area contributed by atoms with E-state index in [4.69, 9.17) is 0 Å². The quantitative estimate of drug-likeness (QED) is 0.681. The van der Waals surface area contributed by atoms with Crippen LogP contribution in [0.25, 0.3) is 0 Å². The molecule has 16 heavy (non-hydrogen) atoms. The van der Waals surface area contributed by atoms with Crippen LogP contribution in [0.5, 0.6) is 0 Å². The molecule has 0 bridgehead atoms. The minimum atomic E-state index is -0.103. The Morgan fingerprint density at radius 3 is 3.00 bits per heavy atom. The Labute approximate surface area is 95.6 Å². The summed E-state index contributed by atoms with van der Waals surface area (Å²) in [4.78, 5) is 25.0. The Morgan fingerprint density at radius 2 is 2.25 bits per heavy atom. The number of piperazine rings is 1. The number of carbonyl (C=O) groups is 2. The monoisotopic (exact) mass is 225 g/mol. The summed E-state index contributed by atoms with van der Waals surface area (Å²) < 4.78 is 0. The van der Waals surface area contributed by atoms with E-state index >= 15 is 0 Å². The lowest BCUT2D eigenvalue weighted by Gasteiger charge is -2.43. The lowest BCUT2D eigenvalue weighted by molar-refractivity contribution is -0.126. The van der Waals surface area contributed by atoms with Gasteiger partial charge in [-0.3, -0.25) is 4.79 Å². The molecule has 0 unspecified atom stereocenters. The third kappa shape index (κ3) is 2.13. The first-order valence-corrected chi connectivity index (χ1v) is 6.06. The van der Waals surface area contributed by atoms with Crippen LogP contribution in [0.4, 0.5) is 4.79 Å². The Balaban J connectivity index is 2.08. The molecule has 1 saturated heterocycles. The number of rotatable bonds is 1. The number of fused-ring (bicyclic) bond motifs is 1. The van der Waals surface area contributed by atoms with Crippen molar-refractivity contribution in [2.75, 3.05) is 13.1 Å². The number of carbonyl (C=O) groups excluding carboxylic acids is 2. The molecule has 90 valence electrons. The second kappa shape index (κ2) is 4.72. The van der Waals surface area contributed by atoms with Gasteiger partial charge in [-0.15, -0.1) is 0 Å². The predicted octanol–water partition coefficient (Wildman–Crippen LogP) is 0.459. The number of hydrogen-bond acceptors (Lipinski definition) is 2. The third-order valence-corrected chi connectivity index (χ3v) is 3.38. The highest BCUT2D eigenvalue weighted by atomic mass is 16.2. The van der Waals surface area contributed by atoms with Crippen LogP contribution in [0.15, 0.2) is 0 Å². The van der Waals surface area contributed by atoms with Crippen LogP contribution in [0, 0.1) is 0 Å². The second-order valence-corrected chi connectivity index (χ2v) is 4.49. The highest BCUT2D eigenvalue weighted by molar-refractivity contribution is 5.86.